The molecule has 0 N–H and O–H groups in total. The van der Waals surface area contributed by atoms with Gasteiger partial charge in [0.05, 0.1) is 24.0 Å². The summed E-state index contributed by atoms with van der Waals surface area (Å²) in [5.41, 5.74) is -0.396. The summed E-state index contributed by atoms with van der Waals surface area (Å²) in [5.74, 6) is -0.533. The minimum absolute atomic E-state index is 0.0520. The second kappa shape index (κ2) is 7.67. The summed E-state index contributed by atoms with van der Waals surface area (Å²) in [7, 11) is 0. The number of alkyl halides is 3. The lowest BCUT2D eigenvalue weighted by atomic mass is 10.2. The molecule has 0 saturated heterocycles. The van der Waals surface area contributed by atoms with Crippen LogP contribution in [-0.2, 0) is 12.7 Å². The first-order chi connectivity index (χ1) is 15.3. The molecule has 2 aromatic carbocycles. The number of carbonyl (C=O) groups excluding carboxylic acids is 1. The molecule has 32 heavy (non-hydrogen) atoms. The van der Waals surface area contributed by atoms with Gasteiger partial charge >= 0.3 is 6.18 Å². The summed E-state index contributed by atoms with van der Waals surface area (Å²) in [5, 5.41) is 4.37. The van der Waals surface area contributed by atoms with Gasteiger partial charge in [-0.25, -0.2) is 9.67 Å². The van der Waals surface area contributed by atoms with Crippen LogP contribution < -0.4 is 0 Å². The van der Waals surface area contributed by atoms with E-state index >= 15 is 0 Å². The topological polar surface area (TPSA) is 64.2 Å². The summed E-state index contributed by atoms with van der Waals surface area (Å²) in [6.45, 7) is -0.0520. The van der Waals surface area contributed by atoms with Gasteiger partial charge in [0.25, 0.3) is 5.91 Å². The van der Waals surface area contributed by atoms with Gasteiger partial charge in [-0.3, -0.25) is 4.79 Å². The molecule has 1 aliphatic carbocycles. The third kappa shape index (κ3) is 3.84. The van der Waals surface area contributed by atoms with E-state index in [4.69, 9.17) is 16.0 Å². The highest BCUT2D eigenvalue weighted by Gasteiger charge is 2.43. The minimum atomic E-state index is -4.78. The molecule has 5 rings (SSSR count). The molecule has 1 amide bonds. The van der Waals surface area contributed by atoms with Crippen LogP contribution in [0.4, 0.5) is 13.2 Å². The number of oxazole rings is 1. The van der Waals surface area contributed by atoms with Gasteiger partial charge in [-0.05, 0) is 43.2 Å². The molecule has 1 aliphatic rings. The van der Waals surface area contributed by atoms with Gasteiger partial charge in [-0.1, -0.05) is 29.8 Å². The third-order valence-electron chi connectivity index (χ3n) is 5.22. The first kappa shape index (κ1) is 20.6. The zero-order valence-electron chi connectivity index (χ0n) is 16.5. The highest BCUT2D eigenvalue weighted by Crippen LogP contribution is 2.36. The Balaban J connectivity index is 1.51. The number of nitrogens with zero attached hydrogens (tertiary/aromatic N) is 4. The van der Waals surface area contributed by atoms with Crippen LogP contribution >= 0.6 is 11.6 Å². The van der Waals surface area contributed by atoms with E-state index in [0.717, 1.165) is 10.9 Å². The maximum absolute atomic E-state index is 14.0. The molecule has 0 aliphatic heterocycles. The van der Waals surface area contributed by atoms with Gasteiger partial charge in [-0.2, -0.15) is 18.3 Å². The van der Waals surface area contributed by atoms with E-state index in [9.17, 15) is 18.0 Å². The maximum atomic E-state index is 14.0. The predicted molar refractivity (Wildman–Crippen MR) is 110 cm³/mol. The molecule has 1 saturated carbocycles. The Kier molecular flexibility index (Phi) is 4.93. The molecule has 0 bridgehead atoms. The third-order valence-corrected chi connectivity index (χ3v) is 5.45. The van der Waals surface area contributed by atoms with Crippen molar-refractivity contribution < 1.29 is 22.4 Å². The van der Waals surface area contributed by atoms with Crippen LogP contribution in [0.15, 0.2) is 59.1 Å². The highest BCUT2D eigenvalue weighted by molar-refractivity contribution is 6.31. The van der Waals surface area contributed by atoms with Crippen LogP contribution in [0, 0.1) is 0 Å². The normalized spacial score (nSPS) is 14.1. The molecule has 6 nitrogen and oxygen atoms in total. The number of halogens is 4. The number of para-hydroxylation sites is 1. The number of benzene rings is 2. The van der Waals surface area contributed by atoms with Gasteiger partial charge in [0.1, 0.15) is 5.52 Å². The van der Waals surface area contributed by atoms with Crippen LogP contribution in [0.5, 0.6) is 0 Å². The minimum Gasteiger partial charge on any atom is -0.439 e. The number of fused-ring (bicyclic) bond motifs is 1. The van der Waals surface area contributed by atoms with Crippen molar-refractivity contribution >= 4 is 28.6 Å². The van der Waals surface area contributed by atoms with Crippen molar-refractivity contribution in [3.63, 3.8) is 0 Å². The van der Waals surface area contributed by atoms with Crippen LogP contribution in [0.2, 0.25) is 5.02 Å². The van der Waals surface area contributed by atoms with Crippen molar-refractivity contribution in [2.24, 2.45) is 0 Å². The Morgan fingerprint density at radius 2 is 1.94 bits per heavy atom. The van der Waals surface area contributed by atoms with Gasteiger partial charge in [0, 0.05) is 11.1 Å². The van der Waals surface area contributed by atoms with E-state index in [1.54, 1.807) is 36.4 Å². The number of rotatable bonds is 5. The highest BCUT2D eigenvalue weighted by atomic mass is 35.5. The van der Waals surface area contributed by atoms with Crippen LogP contribution in [0.25, 0.3) is 16.8 Å². The monoisotopic (exact) mass is 460 g/mol. The van der Waals surface area contributed by atoms with Gasteiger partial charge in [0.2, 0.25) is 5.89 Å². The second-order valence-corrected chi connectivity index (χ2v) is 7.97. The summed E-state index contributed by atoms with van der Waals surface area (Å²) in [6.07, 6.45) is -2.40. The molecule has 4 aromatic rings. The van der Waals surface area contributed by atoms with Crippen molar-refractivity contribution in [2.45, 2.75) is 31.6 Å². The van der Waals surface area contributed by atoms with Gasteiger partial charge in [-0.15, -0.1) is 0 Å². The quantitative estimate of drug-likeness (QED) is 0.395. The number of hydrogen-bond acceptors (Lipinski definition) is 4. The van der Waals surface area contributed by atoms with Gasteiger partial charge < -0.3 is 9.32 Å². The van der Waals surface area contributed by atoms with E-state index < -0.39 is 23.3 Å². The second-order valence-electron chi connectivity index (χ2n) is 7.54. The number of carbonyl (C=O) groups is 1. The molecule has 2 aromatic heterocycles. The first-order valence-electron chi connectivity index (χ1n) is 9.88. The van der Waals surface area contributed by atoms with Crippen molar-refractivity contribution in [3.05, 3.63) is 76.9 Å². The zero-order chi connectivity index (χ0) is 22.5. The molecule has 0 unspecified atom stereocenters. The standard InChI is InChI=1S/C22H16ClF3N4O2/c23-13-6-9-18-17(10-13)28-19(32-18)12-29(14-7-8-14)21(31)16-11-27-30(20(16)22(24,25)26)15-4-2-1-3-5-15/h1-6,9-11,14H,7-8,12H2. The van der Waals surface area contributed by atoms with E-state index in [1.807, 2.05) is 0 Å². The van der Waals surface area contributed by atoms with Crippen LogP contribution in [0.1, 0.15) is 34.8 Å². The van der Waals surface area contributed by atoms with Crippen LogP contribution in [0.3, 0.4) is 0 Å². The smallest absolute Gasteiger partial charge is 0.434 e. The van der Waals surface area contributed by atoms with Crippen molar-refractivity contribution in [3.8, 4) is 5.69 Å². The first-order valence-corrected chi connectivity index (χ1v) is 10.3. The lowest BCUT2D eigenvalue weighted by Gasteiger charge is -2.21. The summed E-state index contributed by atoms with van der Waals surface area (Å²) in [4.78, 5) is 19.0. The van der Waals surface area contributed by atoms with E-state index in [-0.39, 0.29) is 24.2 Å². The molecule has 0 radical (unpaired) electrons. The molecule has 0 atom stereocenters. The van der Waals surface area contributed by atoms with Crippen LogP contribution in [-0.4, -0.2) is 31.6 Å². The summed E-state index contributed by atoms with van der Waals surface area (Å²) < 4.78 is 48.4. The average Bonchev–Trinajstić information content (AvgIpc) is 3.35. The molecule has 2 heterocycles. The Morgan fingerprint density at radius 1 is 1.19 bits per heavy atom. The fourth-order valence-electron chi connectivity index (χ4n) is 3.61. The summed E-state index contributed by atoms with van der Waals surface area (Å²) in [6, 6.07) is 12.6. The largest absolute Gasteiger partial charge is 0.439 e. The molecule has 164 valence electrons. The molecular formula is C22H16ClF3N4O2. The maximum Gasteiger partial charge on any atom is 0.434 e. The summed E-state index contributed by atoms with van der Waals surface area (Å²) >= 11 is 5.98. The zero-order valence-corrected chi connectivity index (χ0v) is 17.3. The molecule has 0 spiro atoms. The Bertz CT molecular complexity index is 1300. The SMILES string of the molecule is O=C(c1cnn(-c2ccccc2)c1C(F)(F)F)N(Cc1nc2cc(Cl)ccc2o1)C1CC1. The van der Waals surface area contributed by atoms with Gasteiger partial charge in [0.15, 0.2) is 11.3 Å². The fourth-order valence-corrected chi connectivity index (χ4v) is 3.78. The van der Waals surface area contributed by atoms with Crippen molar-refractivity contribution in [1.82, 2.24) is 19.7 Å². The molecule has 10 heteroatoms. The van der Waals surface area contributed by atoms with E-state index in [2.05, 4.69) is 10.1 Å². The fraction of sp³-hybridized carbons (Fsp3) is 0.227. The Hall–Kier alpha value is -3.33. The molecule has 1 fully saturated rings. The number of amides is 1. The number of hydrogen-bond donors (Lipinski definition) is 0. The Labute approximate surface area is 185 Å². The van der Waals surface area contributed by atoms with E-state index in [0.29, 0.717) is 29.0 Å². The molecular weight excluding hydrogens is 445 g/mol. The lowest BCUT2D eigenvalue weighted by molar-refractivity contribution is -0.143. The lowest BCUT2D eigenvalue weighted by Crippen LogP contribution is -2.34. The van der Waals surface area contributed by atoms with Crippen molar-refractivity contribution in [2.75, 3.05) is 0 Å². The van der Waals surface area contributed by atoms with Crippen molar-refractivity contribution in [1.29, 1.82) is 0 Å². The Morgan fingerprint density at radius 3 is 2.62 bits per heavy atom. The number of aromatic nitrogens is 3. The average molecular weight is 461 g/mol. The van der Waals surface area contributed by atoms with E-state index in [1.165, 1.54) is 17.0 Å². The predicted octanol–water partition coefficient (Wildman–Crippen LogP) is 5.49.